The van der Waals surface area contributed by atoms with E-state index in [4.69, 9.17) is 15.1 Å². The molecule has 0 saturated carbocycles. The van der Waals surface area contributed by atoms with E-state index in [1.165, 1.54) is 0 Å². The molecule has 85 heavy (non-hydrogen) atoms. The van der Waals surface area contributed by atoms with Gasteiger partial charge in [-0.1, -0.05) is 62.8 Å². The van der Waals surface area contributed by atoms with E-state index in [1.54, 1.807) is 7.05 Å². The maximum absolute atomic E-state index is 13.0. The number of carbonyl (C=O) groups excluding carboxylic acids is 2. The zero-order chi connectivity index (χ0) is 61.6. The molecule has 2 aromatic rings. The number of urea groups is 1. The molecule has 7 rings (SSSR count). The molecule has 29 heteroatoms. The number of carboxylic acid groups (broad SMARTS) is 7. The molecule has 29 nitrogen and oxygen atoms in total. The standard InChI is InChI=1S/C56H83N13O16/c1-57-53-61-44(33-40-16-14-39(15-17-40)32-41-34-68(37-49(77)78)29-28-66(35-47(73)74)26-27-67(36-48(75)76)30-31-69(41,38-50(79)80)56(66,67)68)62-54(63-53)65-24-22-64(23-25-65)21-11-7-5-3-2-4-6-8-13-45(70)58-20-10-9-12-42(51(81)82)59-55(85)60-43(52(83)84)18-19-46(71)72/h14-17,41-43H,2-13,18-38H2,1H3,(H7-4,57,58,59,60,61,62,63,70,71,72,73,74,75,76,77,78,79,80,81,82,83,84,85)/p+4/t41?,42-,43-,56+,66?,67?,68+,69?/m0/s1. The summed E-state index contributed by atoms with van der Waals surface area (Å²) in [5.74, 6) is -8.10. The second kappa shape index (κ2) is 28.7. The van der Waals surface area contributed by atoms with Crippen molar-refractivity contribution in [3.63, 3.8) is 0 Å². The topological polar surface area (TPSA) is 389 Å². The first-order valence-electron chi connectivity index (χ1n) is 29.8. The molecular weight excluding hydrogens is 1110 g/mol. The third kappa shape index (κ3) is 15.0. The number of piperazine rings is 1. The fraction of sp³-hybridized carbons (Fsp3) is 0.679. The van der Waals surface area contributed by atoms with Crippen LogP contribution in [0.2, 0.25) is 0 Å². The number of carbonyl (C=O) groups is 9. The van der Waals surface area contributed by atoms with E-state index < -0.39 is 78.3 Å². The highest BCUT2D eigenvalue weighted by Gasteiger charge is 3.01. The second-order valence-corrected chi connectivity index (χ2v) is 23.9. The van der Waals surface area contributed by atoms with Crippen LogP contribution in [-0.4, -0.2) is 270 Å². The Morgan fingerprint density at radius 2 is 1.11 bits per heavy atom. The number of aromatic nitrogens is 3. The predicted molar refractivity (Wildman–Crippen MR) is 302 cm³/mol. The molecule has 468 valence electrons. The Morgan fingerprint density at radius 3 is 1.67 bits per heavy atom. The lowest BCUT2D eigenvalue weighted by Crippen LogP contribution is -2.86. The molecule has 5 fully saturated rings. The third-order valence-corrected chi connectivity index (χ3v) is 18.5. The highest BCUT2D eigenvalue weighted by atomic mass is 16.4. The van der Waals surface area contributed by atoms with Gasteiger partial charge in [-0.3, -0.25) is 14.5 Å². The van der Waals surface area contributed by atoms with Crippen molar-refractivity contribution in [2.75, 3.05) is 129 Å². The minimum absolute atomic E-state index is 0.0435. The van der Waals surface area contributed by atoms with Crippen LogP contribution in [0.1, 0.15) is 107 Å². The first-order valence-corrected chi connectivity index (χ1v) is 29.8. The molecule has 8 atom stereocenters. The van der Waals surface area contributed by atoms with Gasteiger partial charge in [-0.05, 0) is 56.2 Å². The van der Waals surface area contributed by atoms with E-state index >= 15 is 0 Å². The van der Waals surface area contributed by atoms with Gasteiger partial charge >= 0.3 is 53.7 Å². The molecule has 1 spiro atoms. The molecule has 1 aromatic carbocycles. The van der Waals surface area contributed by atoms with Crippen molar-refractivity contribution in [2.45, 2.75) is 127 Å². The smallest absolute Gasteiger partial charge is 0.481 e. The number of rotatable bonds is 37. The zero-order valence-electron chi connectivity index (χ0n) is 48.7. The molecule has 3 amide bonds. The van der Waals surface area contributed by atoms with Gasteiger partial charge in [-0.15, -0.1) is 17.9 Å². The molecule has 5 saturated heterocycles. The fourth-order valence-corrected chi connectivity index (χ4v) is 15.2. The van der Waals surface area contributed by atoms with Gasteiger partial charge in [-0.2, -0.15) is 15.0 Å². The highest BCUT2D eigenvalue weighted by Crippen LogP contribution is 2.64. The molecular formula is C56H87N13O16+4. The van der Waals surface area contributed by atoms with Gasteiger partial charge in [0.05, 0.1) is 0 Å². The number of hydrogen-bond donors (Lipinski definition) is 11. The van der Waals surface area contributed by atoms with Crippen molar-refractivity contribution in [2.24, 2.45) is 0 Å². The van der Waals surface area contributed by atoms with Gasteiger partial charge < -0.3 is 61.9 Å². The average Bonchev–Trinajstić information content (AvgIpc) is 1.45. The van der Waals surface area contributed by atoms with Gasteiger partial charge in [-0.25, -0.2) is 33.6 Å². The zero-order valence-corrected chi connectivity index (χ0v) is 48.7. The first kappa shape index (κ1) is 65.2. The molecule has 5 aliphatic heterocycles. The molecule has 5 aliphatic rings. The predicted octanol–water partition coefficient (Wildman–Crippen LogP) is 0.676. The summed E-state index contributed by atoms with van der Waals surface area (Å²) in [6, 6.07) is 3.71. The summed E-state index contributed by atoms with van der Waals surface area (Å²) in [6.45, 7) is 5.32. The molecule has 6 heterocycles. The van der Waals surface area contributed by atoms with Crippen LogP contribution < -0.4 is 26.2 Å². The fourth-order valence-electron chi connectivity index (χ4n) is 15.2. The van der Waals surface area contributed by atoms with Crippen LogP contribution in [0.25, 0.3) is 0 Å². The van der Waals surface area contributed by atoms with Crippen LogP contribution in [0.5, 0.6) is 0 Å². The lowest BCUT2D eigenvalue weighted by Gasteiger charge is -2.50. The molecule has 11 N–H and O–H groups in total. The van der Waals surface area contributed by atoms with Crippen molar-refractivity contribution in [1.29, 1.82) is 0 Å². The van der Waals surface area contributed by atoms with Crippen molar-refractivity contribution in [3.8, 4) is 0 Å². The summed E-state index contributed by atoms with van der Waals surface area (Å²) in [4.78, 5) is 129. The number of quaternary nitrogens is 4. The van der Waals surface area contributed by atoms with E-state index in [0.717, 1.165) is 95.2 Å². The van der Waals surface area contributed by atoms with Crippen LogP contribution in [-0.2, 0) is 51.2 Å². The summed E-state index contributed by atoms with van der Waals surface area (Å²) in [5, 5.41) is 79.6. The van der Waals surface area contributed by atoms with Gasteiger partial charge in [0.25, 0.3) is 0 Å². The maximum Gasteiger partial charge on any atom is 0.483 e. The number of nitrogens with zero attached hydrogens (tertiary/aromatic N) is 9. The molecule has 0 radical (unpaired) electrons. The monoisotopic (exact) mass is 1200 g/mol. The van der Waals surface area contributed by atoms with Gasteiger partial charge in [0.2, 0.25) is 17.8 Å². The summed E-state index contributed by atoms with van der Waals surface area (Å²) in [5.41, 5.74) is 1.84. The Balaban J connectivity index is 0.806. The Kier molecular flexibility index (Phi) is 22.0. The third-order valence-electron chi connectivity index (χ3n) is 18.5. The maximum atomic E-state index is 13.0. The van der Waals surface area contributed by atoms with Gasteiger partial charge in [0.1, 0.15) is 63.7 Å². The Labute approximate surface area is 493 Å². The number of carboxylic acids is 7. The van der Waals surface area contributed by atoms with Crippen molar-refractivity contribution >= 4 is 65.6 Å². The van der Waals surface area contributed by atoms with Crippen molar-refractivity contribution in [3.05, 3.63) is 41.2 Å². The summed E-state index contributed by atoms with van der Waals surface area (Å²) >= 11 is 0. The summed E-state index contributed by atoms with van der Waals surface area (Å²) < 4.78 is -0.219. The first-order chi connectivity index (χ1) is 40.5. The normalized spacial score (nSPS) is 25.5. The van der Waals surface area contributed by atoms with Crippen LogP contribution >= 0.6 is 0 Å². The Hall–Kier alpha value is -7.34. The lowest BCUT2D eigenvalue weighted by atomic mass is 10.0. The van der Waals surface area contributed by atoms with E-state index in [-0.39, 0.29) is 69.4 Å². The number of hydrogen-bond acceptors (Lipinski definition) is 15. The van der Waals surface area contributed by atoms with E-state index in [1.807, 2.05) is 24.3 Å². The van der Waals surface area contributed by atoms with Crippen molar-refractivity contribution < 1.29 is 96.8 Å². The lowest BCUT2D eigenvalue weighted by molar-refractivity contribution is -1.36. The Bertz CT molecular complexity index is 2720. The van der Waals surface area contributed by atoms with Crippen LogP contribution in [0.15, 0.2) is 24.3 Å². The summed E-state index contributed by atoms with van der Waals surface area (Å²) in [6.07, 6.45) is 9.58. The van der Waals surface area contributed by atoms with Gasteiger partial charge in [0.15, 0.2) is 32.2 Å². The van der Waals surface area contributed by atoms with Crippen LogP contribution in [0.3, 0.4) is 0 Å². The second-order valence-electron chi connectivity index (χ2n) is 23.9. The molecule has 1 aromatic heterocycles. The number of aliphatic carboxylic acids is 7. The average molecular weight is 1200 g/mol. The van der Waals surface area contributed by atoms with E-state index in [9.17, 15) is 73.8 Å². The SMILES string of the molecule is CNc1nc(Cc2ccc(CC3C[N@@+]4(CC(=O)O)CC[N+]5(CC(=O)O)CC[N+]6(CC(=O)O)CC[N+]3(CC(=O)O)[C@@]654)cc2)nc(N2CCN(CCCCCCCCCCC(=O)NCCCC[C@H](NC(=O)N[C@@H](CCC(=O)O)C(=O)O)C(=O)O)CC2)n1. The molecule has 0 bridgehead atoms. The summed E-state index contributed by atoms with van der Waals surface area (Å²) in [7, 11) is 1.76. The van der Waals surface area contributed by atoms with E-state index in [0.29, 0.717) is 95.6 Å². The highest BCUT2D eigenvalue weighted by molar-refractivity contribution is 5.86. The molecule has 4 unspecified atom stereocenters. The number of anilines is 2. The van der Waals surface area contributed by atoms with E-state index in [2.05, 4.69) is 36.1 Å². The quantitative estimate of drug-likeness (QED) is 0.0327. The van der Waals surface area contributed by atoms with Gasteiger partial charge in [0, 0.05) is 65.5 Å². The number of nitrogens with one attached hydrogen (secondary N) is 4. The van der Waals surface area contributed by atoms with Crippen molar-refractivity contribution in [1.82, 2.24) is 35.8 Å². The minimum Gasteiger partial charge on any atom is -0.481 e. The number of unbranched alkanes of at least 4 members (excludes halogenated alkanes) is 8. The Morgan fingerprint density at radius 1 is 0.576 bits per heavy atom. The number of amides is 3. The van der Waals surface area contributed by atoms with Crippen LogP contribution in [0, 0.1) is 0 Å². The number of benzene rings is 1. The minimum atomic E-state index is -1.49. The van der Waals surface area contributed by atoms with Crippen LogP contribution in [0.4, 0.5) is 16.7 Å². The molecule has 0 aliphatic carbocycles. The largest absolute Gasteiger partial charge is 0.483 e.